The fourth-order valence-electron chi connectivity index (χ4n) is 2.75. The fraction of sp³-hybridized carbons (Fsp3) is 0.364. The van der Waals surface area contributed by atoms with Gasteiger partial charge in [-0.05, 0) is 32.9 Å². The molecule has 0 N–H and O–H groups in total. The summed E-state index contributed by atoms with van der Waals surface area (Å²) in [5.74, 6) is 0.174. The van der Waals surface area contributed by atoms with E-state index in [1.54, 1.807) is 26.0 Å². The Morgan fingerprint density at radius 2 is 1.55 bits per heavy atom. The molecule has 178 valence electrons. The molecule has 0 aliphatic rings. The molecule has 2 rings (SSSR count). The van der Waals surface area contributed by atoms with Crippen molar-refractivity contribution in [2.75, 3.05) is 31.9 Å². The van der Waals surface area contributed by atoms with Crippen LogP contribution in [0.1, 0.15) is 20.8 Å². The third-order valence-electron chi connectivity index (χ3n) is 4.29. The van der Waals surface area contributed by atoms with Crippen molar-refractivity contribution < 1.29 is 28.5 Å². The molecule has 0 radical (unpaired) electrons. The van der Waals surface area contributed by atoms with Crippen LogP contribution in [0, 0.1) is 0 Å². The van der Waals surface area contributed by atoms with E-state index < -0.39 is 17.7 Å². The summed E-state index contributed by atoms with van der Waals surface area (Å²) < 4.78 is 22.2. The molecule has 0 bridgehead atoms. The van der Waals surface area contributed by atoms with Crippen LogP contribution in [0.25, 0.3) is 0 Å². The van der Waals surface area contributed by atoms with Crippen LogP contribution in [0.15, 0.2) is 40.6 Å². The van der Waals surface area contributed by atoms with Gasteiger partial charge >= 0.3 is 0 Å². The smallest absolute Gasteiger partial charge is 0.276 e. The highest BCUT2D eigenvalue weighted by atomic mass is 35.5. The quantitative estimate of drug-likeness (QED) is 0.234. The number of anilines is 1. The van der Waals surface area contributed by atoms with Gasteiger partial charge in [0.15, 0.2) is 17.3 Å². The van der Waals surface area contributed by atoms with Gasteiger partial charge in [0.05, 0.1) is 38.8 Å². The molecule has 9 nitrogen and oxygen atoms in total. The first-order valence-corrected chi connectivity index (χ1v) is 10.7. The Morgan fingerprint density at radius 3 is 2.03 bits per heavy atom. The van der Waals surface area contributed by atoms with E-state index >= 15 is 0 Å². The Balaban J connectivity index is 2.35. The van der Waals surface area contributed by atoms with E-state index in [0.717, 1.165) is 4.42 Å². The molecule has 33 heavy (non-hydrogen) atoms. The molecule has 0 aliphatic heterocycles. The van der Waals surface area contributed by atoms with E-state index in [1.165, 1.54) is 39.3 Å². The molecule has 0 saturated carbocycles. The average molecular weight is 498 g/mol. The predicted molar refractivity (Wildman–Crippen MR) is 126 cm³/mol. The van der Waals surface area contributed by atoms with Crippen molar-refractivity contribution in [3.05, 3.63) is 35.4 Å². The lowest BCUT2D eigenvalue weighted by Crippen LogP contribution is -2.36. The number of benzene rings is 2. The number of ketones is 1. The fourth-order valence-corrected chi connectivity index (χ4v) is 3.16. The molecule has 0 heterocycles. The van der Waals surface area contributed by atoms with Crippen LogP contribution in [0.4, 0.5) is 11.4 Å². The SMILES string of the molecule is CCOc1cc(N=NC(C(C)=O)C(=O)N(Cl)c2ccc(OC)c(OC)c2)cc(OCC)c1Cl. The summed E-state index contributed by atoms with van der Waals surface area (Å²) in [6.07, 6.45) is 0. The van der Waals surface area contributed by atoms with Crippen LogP contribution >= 0.6 is 23.4 Å². The van der Waals surface area contributed by atoms with Crippen molar-refractivity contribution in [3.63, 3.8) is 0 Å². The average Bonchev–Trinajstić information content (AvgIpc) is 2.80. The molecule has 0 aliphatic carbocycles. The number of nitrogens with zero attached hydrogens (tertiary/aromatic N) is 3. The zero-order valence-corrected chi connectivity index (χ0v) is 20.4. The van der Waals surface area contributed by atoms with Gasteiger partial charge in [0, 0.05) is 30.0 Å². The normalized spacial score (nSPS) is 11.7. The lowest BCUT2D eigenvalue weighted by atomic mass is 10.2. The van der Waals surface area contributed by atoms with E-state index in [9.17, 15) is 9.59 Å². The van der Waals surface area contributed by atoms with Crippen LogP contribution in [0.2, 0.25) is 5.02 Å². The number of ether oxygens (including phenoxy) is 4. The number of methoxy groups -OCH3 is 2. The van der Waals surface area contributed by atoms with Crippen molar-refractivity contribution in [2.45, 2.75) is 26.8 Å². The molecule has 1 atom stereocenters. The third-order valence-corrected chi connectivity index (χ3v) is 5.02. The van der Waals surface area contributed by atoms with Crippen LogP contribution in [-0.4, -0.2) is 45.2 Å². The molecular formula is C22H25Cl2N3O6. The summed E-state index contributed by atoms with van der Waals surface area (Å²) in [4.78, 5) is 25.1. The minimum absolute atomic E-state index is 0.268. The first-order chi connectivity index (χ1) is 15.8. The van der Waals surface area contributed by atoms with Gasteiger partial charge in [0.2, 0.25) is 6.04 Å². The van der Waals surface area contributed by atoms with Gasteiger partial charge in [-0.15, -0.1) is 0 Å². The second-order valence-electron chi connectivity index (χ2n) is 6.51. The Bertz CT molecular complexity index is 1000. The molecule has 11 heteroatoms. The summed E-state index contributed by atoms with van der Waals surface area (Å²) in [5, 5.41) is 8.27. The van der Waals surface area contributed by atoms with E-state index in [4.69, 9.17) is 42.3 Å². The number of hydrogen-bond acceptors (Lipinski definition) is 8. The third kappa shape index (κ3) is 6.49. The maximum absolute atomic E-state index is 12.9. The molecule has 2 aromatic carbocycles. The summed E-state index contributed by atoms with van der Waals surface area (Å²) >= 11 is 12.5. The Morgan fingerprint density at radius 1 is 0.970 bits per heavy atom. The second kappa shape index (κ2) is 12.3. The van der Waals surface area contributed by atoms with Crippen molar-refractivity contribution in [2.24, 2.45) is 10.2 Å². The van der Waals surface area contributed by atoms with Gasteiger partial charge in [-0.25, -0.2) is 4.42 Å². The topological polar surface area (TPSA) is 99.0 Å². The lowest BCUT2D eigenvalue weighted by molar-refractivity contribution is -0.126. The minimum atomic E-state index is -1.47. The first-order valence-electron chi connectivity index (χ1n) is 9.99. The molecule has 0 fully saturated rings. The number of azo groups is 1. The second-order valence-corrected chi connectivity index (χ2v) is 7.23. The molecule has 0 saturated heterocycles. The Kier molecular flexibility index (Phi) is 9.74. The number of hydrogen-bond donors (Lipinski definition) is 0. The van der Waals surface area contributed by atoms with Crippen molar-refractivity contribution in [1.29, 1.82) is 0 Å². The van der Waals surface area contributed by atoms with Crippen LogP contribution in [0.3, 0.4) is 0 Å². The van der Waals surface area contributed by atoms with Crippen molar-refractivity contribution in [3.8, 4) is 23.0 Å². The van der Waals surface area contributed by atoms with Gasteiger partial charge in [-0.3, -0.25) is 9.59 Å². The number of carbonyl (C=O) groups is 2. The highest BCUT2D eigenvalue weighted by Gasteiger charge is 2.29. The number of halogens is 2. The maximum atomic E-state index is 12.9. The molecule has 2 aromatic rings. The van der Waals surface area contributed by atoms with E-state index in [2.05, 4.69) is 10.2 Å². The standard InChI is InChI=1S/C22H25Cl2N3O6/c1-6-32-18-10-14(11-19(20(18)23)33-7-2)25-26-21(13(3)28)22(29)27(24)15-8-9-16(30-4)17(12-15)31-5/h8-12,21H,6-7H2,1-5H3. The Hall–Kier alpha value is -3.04. The van der Waals surface area contributed by atoms with Gasteiger partial charge in [-0.1, -0.05) is 11.6 Å². The summed E-state index contributed by atoms with van der Waals surface area (Å²) in [6, 6.07) is 6.22. The molecule has 1 amide bonds. The molecule has 1 unspecified atom stereocenters. The largest absolute Gasteiger partial charge is 0.493 e. The number of carbonyl (C=O) groups excluding carboxylic acids is 2. The molecular weight excluding hydrogens is 473 g/mol. The number of Topliss-reactive ketones (excluding diaryl/α,β-unsaturated/α-hetero) is 1. The van der Waals surface area contributed by atoms with Crippen LogP contribution < -0.4 is 23.4 Å². The number of rotatable bonds is 11. The van der Waals surface area contributed by atoms with Crippen molar-refractivity contribution in [1.82, 2.24) is 0 Å². The van der Waals surface area contributed by atoms with Crippen molar-refractivity contribution >= 4 is 46.4 Å². The monoisotopic (exact) mass is 497 g/mol. The van der Waals surface area contributed by atoms with Gasteiger partial charge in [0.1, 0.15) is 16.5 Å². The zero-order chi connectivity index (χ0) is 24.5. The van der Waals surface area contributed by atoms with E-state index in [1.807, 2.05) is 0 Å². The van der Waals surface area contributed by atoms with E-state index in [0.29, 0.717) is 36.2 Å². The van der Waals surface area contributed by atoms with E-state index in [-0.39, 0.29) is 16.4 Å². The summed E-state index contributed by atoms with van der Waals surface area (Å²) in [6.45, 7) is 5.57. The van der Waals surface area contributed by atoms with Gasteiger partial charge < -0.3 is 18.9 Å². The maximum Gasteiger partial charge on any atom is 0.276 e. The summed E-state index contributed by atoms with van der Waals surface area (Å²) in [5.41, 5.74) is 0.558. The minimum Gasteiger partial charge on any atom is -0.493 e. The lowest BCUT2D eigenvalue weighted by Gasteiger charge is -2.18. The van der Waals surface area contributed by atoms with Crippen LogP contribution in [0.5, 0.6) is 23.0 Å². The highest BCUT2D eigenvalue weighted by Crippen LogP contribution is 2.39. The van der Waals surface area contributed by atoms with Gasteiger partial charge in [-0.2, -0.15) is 10.2 Å². The summed E-state index contributed by atoms with van der Waals surface area (Å²) in [7, 11) is 2.94. The number of amides is 1. The van der Waals surface area contributed by atoms with Crippen LogP contribution in [-0.2, 0) is 9.59 Å². The Labute approximate surface area is 202 Å². The first kappa shape index (κ1) is 26.2. The zero-order valence-electron chi connectivity index (χ0n) is 18.9. The highest BCUT2D eigenvalue weighted by molar-refractivity contribution is 6.39. The molecule has 0 aromatic heterocycles. The van der Waals surface area contributed by atoms with Gasteiger partial charge in [0.25, 0.3) is 5.91 Å². The molecule has 0 spiro atoms. The predicted octanol–water partition coefficient (Wildman–Crippen LogP) is 5.38.